The van der Waals surface area contributed by atoms with E-state index in [0.717, 1.165) is 5.82 Å². The predicted octanol–water partition coefficient (Wildman–Crippen LogP) is 1.67. The Labute approximate surface area is 70.6 Å². The predicted molar refractivity (Wildman–Crippen MR) is 50.8 cm³/mol. The molecule has 0 aliphatic heterocycles. The maximum atomic E-state index is 4.84. The van der Waals surface area contributed by atoms with Gasteiger partial charge < -0.3 is 9.88 Å². The number of rotatable bonds is 1. The Morgan fingerprint density at radius 1 is 1.80 bits per heavy atom. The van der Waals surface area contributed by atoms with E-state index in [9.17, 15) is 0 Å². The highest BCUT2D eigenvalue weighted by atomic mass is 32.1. The van der Waals surface area contributed by atoms with E-state index in [2.05, 4.69) is 17.6 Å². The quantitative estimate of drug-likeness (QED) is 0.496. The molecule has 0 spiro atoms. The number of thiol groups is 1. The van der Waals surface area contributed by atoms with Crippen molar-refractivity contribution in [3.05, 3.63) is 18.3 Å². The molecule has 10 heavy (non-hydrogen) atoms. The first-order valence-corrected chi connectivity index (χ1v) is 3.67. The van der Waals surface area contributed by atoms with E-state index in [1.54, 1.807) is 4.90 Å². The minimum absolute atomic E-state index is 0.558. The van der Waals surface area contributed by atoms with Gasteiger partial charge in [-0.1, -0.05) is 12.2 Å². The Balaban J connectivity index is 2.77. The van der Waals surface area contributed by atoms with Gasteiger partial charge in [0.15, 0.2) is 0 Å². The van der Waals surface area contributed by atoms with Crippen LogP contribution in [0.4, 0.5) is 5.82 Å². The summed E-state index contributed by atoms with van der Waals surface area (Å²) in [5.41, 5.74) is 0. The number of nitrogens with zero attached hydrogens (tertiary/aromatic N) is 1. The Kier molecular flexibility index (Phi) is 2.34. The number of aromatic nitrogens is 1. The number of H-pyrrole nitrogens is 1. The van der Waals surface area contributed by atoms with Gasteiger partial charge in [-0.15, -0.1) is 12.6 Å². The topological polar surface area (TPSA) is 19.0 Å². The van der Waals surface area contributed by atoms with Gasteiger partial charge >= 0.3 is 0 Å². The second-order valence-corrected chi connectivity index (χ2v) is 3.01. The molecule has 0 amide bonds. The monoisotopic (exact) mass is 172 g/mol. The van der Waals surface area contributed by atoms with Crippen molar-refractivity contribution in [1.82, 2.24) is 4.98 Å². The lowest BCUT2D eigenvalue weighted by atomic mass is 10.6. The standard InChI is InChI=1S/C6H8N2S2/c1-8(6(9)10)5-3-2-4-7-5/h2-4,7H,1H3,(H,9,10). The molecule has 4 heteroatoms. The number of anilines is 1. The van der Waals surface area contributed by atoms with Gasteiger partial charge in [0, 0.05) is 13.2 Å². The van der Waals surface area contributed by atoms with Crippen LogP contribution < -0.4 is 4.90 Å². The normalized spacial score (nSPS) is 9.40. The van der Waals surface area contributed by atoms with Crippen molar-refractivity contribution in [2.45, 2.75) is 0 Å². The average Bonchev–Trinajstić information content (AvgIpc) is 2.36. The zero-order valence-corrected chi connectivity index (χ0v) is 7.25. The highest BCUT2D eigenvalue weighted by Gasteiger charge is 2.00. The molecule has 1 aromatic heterocycles. The summed E-state index contributed by atoms with van der Waals surface area (Å²) >= 11 is 8.85. The first-order chi connectivity index (χ1) is 4.72. The van der Waals surface area contributed by atoms with Crippen molar-refractivity contribution in [2.24, 2.45) is 0 Å². The molecule has 1 heterocycles. The van der Waals surface area contributed by atoms with Crippen molar-refractivity contribution in [2.75, 3.05) is 11.9 Å². The highest BCUT2D eigenvalue weighted by molar-refractivity contribution is 8.11. The van der Waals surface area contributed by atoms with Crippen molar-refractivity contribution in [1.29, 1.82) is 0 Å². The Hall–Kier alpha value is -0.480. The molecule has 0 saturated heterocycles. The van der Waals surface area contributed by atoms with Crippen LogP contribution in [0.2, 0.25) is 0 Å². The van der Waals surface area contributed by atoms with E-state index < -0.39 is 0 Å². The van der Waals surface area contributed by atoms with E-state index >= 15 is 0 Å². The second-order valence-electron chi connectivity index (χ2n) is 1.90. The molecule has 1 aromatic rings. The molecule has 0 fully saturated rings. The largest absolute Gasteiger partial charge is 0.348 e. The van der Waals surface area contributed by atoms with Gasteiger partial charge in [0.1, 0.15) is 10.1 Å². The molecule has 0 aliphatic carbocycles. The van der Waals surface area contributed by atoms with Crippen LogP contribution >= 0.6 is 24.8 Å². The molecule has 2 nitrogen and oxygen atoms in total. The second kappa shape index (κ2) is 3.07. The van der Waals surface area contributed by atoms with Crippen molar-refractivity contribution >= 4 is 35.0 Å². The van der Waals surface area contributed by atoms with Crippen LogP contribution in [0, 0.1) is 0 Å². The molecule has 0 unspecified atom stereocenters. The fraction of sp³-hybridized carbons (Fsp3) is 0.167. The average molecular weight is 172 g/mol. The van der Waals surface area contributed by atoms with Crippen molar-refractivity contribution in [3.8, 4) is 0 Å². The lowest BCUT2D eigenvalue weighted by Gasteiger charge is -2.13. The van der Waals surface area contributed by atoms with E-state index in [0.29, 0.717) is 4.32 Å². The highest BCUT2D eigenvalue weighted by Crippen LogP contribution is 2.09. The third-order valence-electron chi connectivity index (χ3n) is 1.23. The van der Waals surface area contributed by atoms with Crippen LogP contribution in [-0.2, 0) is 0 Å². The third-order valence-corrected chi connectivity index (χ3v) is 1.80. The van der Waals surface area contributed by atoms with E-state index in [1.807, 2.05) is 25.4 Å². The van der Waals surface area contributed by atoms with Crippen LogP contribution in [0.15, 0.2) is 18.3 Å². The Morgan fingerprint density at radius 3 is 2.90 bits per heavy atom. The number of hydrogen-bond donors (Lipinski definition) is 2. The summed E-state index contributed by atoms with van der Waals surface area (Å²) in [5, 5.41) is 0. The summed E-state index contributed by atoms with van der Waals surface area (Å²) in [6.07, 6.45) is 1.85. The fourth-order valence-corrected chi connectivity index (χ4v) is 0.839. The lowest BCUT2D eigenvalue weighted by molar-refractivity contribution is 1.23. The Morgan fingerprint density at radius 2 is 2.50 bits per heavy atom. The molecule has 0 aliphatic rings. The Bertz CT molecular complexity index is 218. The van der Waals surface area contributed by atoms with E-state index in [-0.39, 0.29) is 0 Å². The van der Waals surface area contributed by atoms with Gasteiger partial charge in [0.05, 0.1) is 0 Å². The number of nitrogens with one attached hydrogen (secondary N) is 1. The molecule has 0 aromatic carbocycles. The summed E-state index contributed by atoms with van der Waals surface area (Å²) in [5.74, 6) is 0.958. The van der Waals surface area contributed by atoms with Gasteiger partial charge in [-0.05, 0) is 12.1 Å². The lowest BCUT2D eigenvalue weighted by Crippen LogP contribution is -2.19. The molecule has 0 atom stereocenters. The molecular weight excluding hydrogens is 164 g/mol. The van der Waals surface area contributed by atoms with Gasteiger partial charge in [-0.25, -0.2) is 0 Å². The zero-order valence-electron chi connectivity index (χ0n) is 5.53. The van der Waals surface area contributed by atoms with Gasteiger partial charge in [-0.3, -0.25) is 0 Å². The third kappa shape index (κ3) is 1.52. The summed E-state index contributed by atoms with van der Waals surface area (Å²) in [6.45, 7) is 0. The number of hydrogen-bond acceptors (Lipinski definition) is 1. The van der Waals surface area contributed by atoms with Gasteiger partial charge in [0.25, 0.3) is 0 Å². The summed E-state index contributed by atoms with van der Waals surface area (Å²) in [6, 6.07) is 3.85. The fourth-order valence-electron chi connectivity index (χ4n) is 0.633. The van der Waals surface area contributed by atoms with Gasteiger partial charge in [-0.2, -0.15) is 0 Å². The molecule has 1 rings (SSSR count). The van der Waals surface area contributed by atoms with Gasteiger partial charge in [0.2, 0.25) is 0 Å². The maximum Gasteiger partial charge on any atom is 0.138 e. The van der Waals surface area contributed by atoms with Crippen LogP contribution in [0.5, 0.6) is 0 Å². The number of aromatic amines is 1. The minimum Gasteiger partial charge on any atom is -0.348 e. The summed E-state index contributed by atoms with van der Waals surface area (Å²) in [4.78, 5) is 4.80. The molecule has 0 bridgehead atoms. The SMILES string of the molecule is CN(C(=S)S)c1ccc[nH]1. The zero-order chi connectivity index (χ0) is 7.56. The van der Waals surface area contributed by atoms with Crippen LogP contribution in [-0.4, -0.2) is 16.4 Å². The molecule has 0 saturated carbocycles. The first-order valence-electron chi connectivity index (χ1n) is 2.82. The molecule has 54 valence electrons. The molecule has 1 N–H and O–H groups in total. The summed E-state index contributed by atoms with van der Waals surface area (Å²) in [7, 11) is 1.86. The first kappa shape index (κ1) is 7.63. The van der Waals surface area contributed by atoms with Crippen LogP contribution in [0.3, 0.4) is 0 Å². The maximum absolute atomic E-state index is 4.84. The minimum atomic E-state index is 0.558. The van der Waals surface area contributed by atoms with Crippen molar-refractivity contribution < 1.29 is 0 Å². The van der Waals surface area contributed by atoms with E-state index in [1.165, 1.54) is 0 Å². The number of thiocarbonyl (C=S) groups is 1. The molecule has 0 radical (unpaired) electrons. The van der Waals surface area contributed by atoms with Crippen LogP contribution in [0.25, 0.3) is 0 Å². The van der Waals surface area contributed by atoms with Crippen molar-refractivity contribution in [3.63, 3.8) is 0 Å². The van der Waals surface area contributed by atoms with E-state index in [4.69, 9.17) is 12.2 Å². The molecular formula is C6H8N2S2. The smallest absolute Gasteiger partial charge is 0.138 e. The van der Waals surface area contributed by atoms with Crippen LogP contribution in [0.1, 0.15) is 0 Å². The summed E-state index contributed by atoms with van der Waals surface area (Å²) < 4.78 is 0.558.